The van der Waals surface area contributed by atoms with Gasteiger partial charge in [0.1, 0.15) is 5.82 Å². The van der Waals surface area contributed by atoms with Gasteiger partial charge in [0.25, 0.3) is 0 Å². The molecule has 0 atom stereocenters. The predicted octanol–water partition coefficient (Wildman–Crippen LogP) is 5.95. The summed E-state index contributed by atoms with van der Waals surface area (Å²) in [6.07, 6.45) is -4.41. The van der Waals surface area contributed by atoms with Crippen LogP contribution in [0.3, 0.4) is 0 Å². The largest absolute Gasteiger partial charge is 0.416 e. The molecule has 1 amide bonds. The molecule has 1 N–H and O–H groups in total. The third-order valence-corrected chi connectivity index (χ3v) is 7.68. The monoisotopic (exact) mass is 509 g/mol. The van der Waals surface area contributed by atoms with Gasteiger partial charge in [-0.3, -0.25) is 4.79 Å². The molecule has 0 bridgehead atoms. The van der Waals surface area contributed by atoms with E-state index in [0.29, 0.717) is 23.1 Å². The number of fused-ring (bicyclic) bond motifs is 1. The lowest BCUT2D eigenvalue weighted by Gasteiger charge is -2.09. The van der Waals surface area contributed by atoms with Gasteiger partial charge in [0.05, 0.1) is 27.3 Å². The summed E-state index contributed by atoms with van der Waals surface area (Å²) in [5, 5.41) is 11.7. The van der Waals surface area contributed by atoms with Gasteiger partial charge in [-0.05, 0) is 43.3 Å². The van der Waals surface area contributed by atoms with Crippen LogP contribution in [0.25, 0.3) is 10.2 Å². The van der Waals surface area contributed by atoms with Gasteiger partial charge in [0, 0.05) is 12.2 Å². The van der Waals surface area contributed by atoms with Crippen molar-refractivity contribution in [1.82, 2.24) is 19.7 Å². The number of benzene rings is 2. The molecule has 2 aromatic heterocycles. The Morgan fingerprint density at radius 3 is 2.55 bits per heavy atom. The minimum atomic E-state index is -4.41. The molecule has 0 aliphatic heterocycles. The summed E-state index contributed by atoms with van der Waals surface area (Å²) in [6, 6.07) is 12.3. The smallest absolute Gasteiger partial charge is 0.325 e. The van der Waals surface area contributed by atoms with Gasteiger partial charge in [0.15, 0.2) is 9.50 Å². The first kappa shape index (κ1) is 23.6. The van der Waals surface area contributed by atoms with Crippen molar-refractivity contribution in [1.29, 1.82) is 0 Å². The van der Waals surface area contributed by atoms with Crippen molar-refractivity contribution in [3.63, 3.8) is 0 Å². The molecule has 0 saturated carbocycles. The number of thiazole rings is 1. The molecule has 0 radical (unpaired) electrons. The van der Waals surface area contributed by atoms with E-state index in [9.17, 15) is 18.0 Å². The average molecular weight is 510 g/mol. The molecule has 12 heteroatoms. The number of para-hydroxylation sites is 1. The number of hydrogen-bond donors (Lipinski definition) is 1. The van der Waals surface area contributed by atoms with E-state index in [-0.39, 0.29) is 11.7 Å². The maximum Gasteiger partial charge on any atom is 0.416 e. The third kappa shape index (κ3) is 5.87. The zero-order valence-electron chi connectivity index (χ0n) is 17.3. The first-order valence-electron chi connectivity index (χ1n) is 9.84. The molecular formula is C21H18F3N5OS3. The number of carbonyl (C=O) groups excluding carboxylic acids is 1. The molecule has 4 aromatic rings. The first-order chi connectivity index (χ1) is 15.8. The van der Waals surface area contributed by atoms with E-state index >= 15 is 0 Å². The second-order valence-electron chi connectivity index (χ2n) is 6.79. The summed E-state index contributed by atoms with van der Waals surface area (Å²) in [4.78, 5) is 16.9. The lowest BCUT2D eigenvalue weighted by Crippen LogP contribution is -2.15. The maximum atomic E-state index is 12.7. The number of anilines is 1. The van der Waals surface area contributed by atoms with Crippen LogP contribution >= 0.6 is 34.9 Å². The molecule has 0 aliphatic carbocycles. The molecule has 0 aliphatic rings. The van der Waals surface area contributed by atoms with Crippen molar-refractivity contribution in [3.05, 3.63) is 59.9 Å². The third-order valence-electron chi connectivity index (χ3n) is 4.54. The van der Waals surface area contributed by atoms with E-state index in [1.165, 1.54) is 23.9 Å². The SMILES string of the molecule is CCn1c(CSc2nc3ccccc3s2)nnc1SCC(=O)Nc1ccc(C(F)(F)F)cc1. The second kappa shape index (κ2) is 10.1. The van der Waals surface area contributed by atoms with Crippen molar-refractivity contribution < 1.29 is 18.0 Å². The van der Waals surface area contributed by atoms with E-state index in [0.717, 1.165) is 32.5 Å². The van der Waals surface area contributed by atoms with Gasteiger partial charge >= 0.3 is 6.18 Å². The van der Waals surface area contributed by atoms with Crippen LogP contribution in [0.2, 0.25) is 0 Å². The Balaban J connectivity index is 1.33. The fourth-order valence-electron chi connectivity index (χ4n) is 2.96. The van der Waals surface area contributed by atoms with Crippen LogP contribution in [0.15, 0.2) is 58.0 Å². The molecule has 0 spiro atoms. The van der Waals surface area contributed by atoms with Crippen LogP contribution < -0.4 is 5.32 Å². The van der Waals surface area contributed by atoms with Crippen LogP contribution in [-0.4, -0.2) is 31.4 Å². The molecule has 0 unspecified atom stereocenters. The number of carbonyl (C=O) groups is 1. The van der Waals surface area contributed by atoms with Crippen LogP contribution in [0, 0.1) is 0 Å². The van der Waals surface area contributed by atoms with Crippen molar-refractivity contribution in [2.45, 2.75) is 34.9 Å². The van der Waals surface area contributed by atoms with E-state index in [1.807, 2.05) is 35.8 Å². The van der Waals surface area contributed by atoms with Gasteiger partial charge in [0.2, 0.25) is 5.91 Å². The number of amides is 1. The Hall–Kier alpha value is -2.57. The molecule has 2 heterocycles. The van der Waals surface area contributed by atoms with Crippen molar-refractivity contribution in [2.24, 2.45) is 0 Å². The Bertz CT molecular complexity index is 1220. The van der Waals surface area contributed by atoms with Gasteiger partial charge in [-0.2, -0.15) is 13.2 Å². The summed E-state index contributed by atoms with van der Waals surface area (Å²) < 4.78 is 42.0. The predicted molar refractivity (Wildman–Crippen MR) is 126 cm³/mol. The average Bonchev–Trinajstić information content (AvgIpc) is 3.39. The summed E-state index contributed by atoms with van der Waals surface area (Å²) in [5.41, 5.74) is 0.512. The topological polar surface area (TPSA) is 72.7 Å². The Kier molecular flexibility index (Phi) is 7.25. The molecular weight excluding hydrogens is 491 g/mol. The van der Waals surface area contributed by atoms with Crippen molar-refractivity contribution in [2.75, 3.05) is 11.1 Å². The zero-order chi connectivity index (χ0) is 23.4. The Labute approximate surface area is 200 Å². The van der Waals surface area contributed by atoms with Gasteiger partial charge in [-0.1, -0.05) is 35.7 Å². The van der Waals surface area contributed by atoms with Crippen LogP contribution in [0.5, 0.6) is 0 Å². The highest BCUT2D eigenvalue weighted by Gasteiger charge is 2.30. The number of aromatic nitrogens is 4. The fourth-order valence-corrected chi connectivity index (χ4v) is 5.79. The number of nitrogens with zero attached hydrogens (tertiary/aromatic N) is 4. The van der Waals surface area contributed by atoms with Gasteiger partial charge in [-0.15, -0.1) is 21.5 Å². The molecule has 6 nitrogen and oxygen atoms in total. The first-order valence-corrected chi connectivity index (χ1v) is 12.6. The molecule has 33 heavy (non-hydrogen) atoms. The quantitative estimate of drug-likeness (QED) is 0.296. The van der Waals surface area contributed by atoms with E-state index in [2.05, 4.69) is 20.5 Å². The highest BCUT2D eigenvalue weighted by atomic mass is 32.2. The Morgan fingerprint density at radius 1 is 1.09 bits per heavy atom. The highest BCUT2D eigenvalue weighted by Crippen LogP contribution is 2.32. The lowest BCUT2D eigenvalue weighted by molar-refractivity contribution is -0.137. The highest BCUT2D eigenvalue weighted by molar-refractivity contribution is 8.00. The Morgan fingerprint density at radius 2 is 1.85 bits per heavy atom. The molecule has 0 fully saturated rings. The fraction of sp³-hybridized carbons (Fsp3) is 0.238. The number of hydrogen-bond acceptors (Lipinski definition) is 7. The maximum absolute atomic E-state index is 12.7. The normalized spacial score (nSPS) is 11.8. The number of rotatable bonds is 8. The van der Waals surface area contributed by atoms with Crippen LogP contribution in [-0.2, 0) is 23.3 Å². The molecule has 0 saturated heterocycles. The van der Waals surface area contributed by atoms with Crippen molar-refractivity contribution in [3.8, 4) is 0 Å². The standard InChI is InChI=1S/C21H18F3N5OS3/c1-2-29-17(11-32-20-26-15-5-3-4-6-16(15)33-20)27-28-19(29)31-12-18(30)25-14-9-7-13(8-10-14)21(22,23)24/h3-10H,2,11-12H2,1H3,(H,25,30). The minimum Gasteiger partial charge on any atom is -0.325 e. The summed E-state index contributed by atoms with van der Waals surface area (Å²) in [6.45, 7) is 2.62. The summed E-state index contributed by atoms with van der Waals surface area (Å²) >= 11 is 4.44. The number of nitrogens with one attached hydrogen (secondary N) is 1. The number of alkyl halides is 3. The minimum absolute atomic E-state index is 0.0597. The van der Waals surface area contributed by atoms with Crippen LogP contribution in [0.4, 0.5) is 18.9 Å². The van der Waals surface area contributed by atoms with Crippen LogP contribution in [0.1, 0.15) is 18.3 Å². The summed E-state index contributed by atoms with van der Waals surface area (Å²) in [7, 11) is 0. The number of halogens is 3. The molecule has 4 rings (SSSR count). The molecule has 172 valence electrons. The van der Waals surface area contributed by atoms with Gasteiger partial charge in [-0.25, -0.2) is 4.98 Å². The van der Waals surface area contributed by atoms with Gasteiger partial charge < -0.3 is 9.88 Å². The second-order valence-corrected chi connectivity index (χ2v) is 9.99. The van der Waals surface area contributed by atoms with Crippen molar-refractivity contribution >= 4 is 56.7 Å². The molecule has 2 aromatic carbocycles. The lowest BCUT2D eigenvalue weighted by atomic mass is 10.2. The zero-order valence-corrected chi connectivity index (χ0v) is 19.7. The number of thioether (sulfide) groups is 2. The van der Waals surface area contributed by atoms with E-state index < -0.39 is 11.7 Å². The van der Waals surface area contributed by atoms with E-state index in [4.69, 9.17) is 0 Å². The summed E-state index contributed by atoms with van der Waals surface area (Å²) in [5.74, 6) is 1.10. The van der Waals surface area contributed by atoms with E-state index in [1.54, 1.807) is 23.1 Å².